The zero-order chi connectivity index (χ0) is 10.2. The molecule has 1 aromatic rings. The second-order valence-electron chi connectivity index (χ2n) is 2.12. The molecule has 70 valence electrons. The van der Waals surface area contributed by atoms with Crippen LogP contribution in [-0.2, 0) is 0 Å². The molecule has 0 unspecified atom stereocenters. The van der Waals surface area contributed by atoms with Crippen LogP contribution in [0.4, 0.5) is 0 Å². The van der Waals surface area contributed by atoms with Gasteiger partial charge in [-0.3, -0.25) is 4.79 Å². The van der Waals surface area contributed by atoms with E-state index in [9.17, 15) is 4.79 Å². The molecule has 0 spiro atoms. The van der Waals surface area contributed by atoms with Gasteiger partial charge in [-0.1, -0.05) is 11.6 Å². The first-order valence-electron chi connectivity index (χ1n) is 2.98. The summed E-state index contributed by atoms with van der Waals surface area (Å²) < 4.78 is 2.47. The van der Waals surface area contributed by atoms with Crippen molar-refractivity contribution in [2.75, 3.05) is 0 Å². The van der Waals surface area contributed by atoms with Crippen LogP contribution in [0, 0.1) is 10.7 Å². The van der Waals surface area contributed by atoms with Crippen LogP contribution in [0.3, 0.4) is 0 Å². The van der Waals surface area contributed by atoms with Crippen LogP contribution < -0.4 is 0 Å². The van der Waals surface area contributed by atoms with E-state index < -0.39 is 5.24 Å². The van der Waals surface area contributed by atoms with Crippen molar-refractivity contribution >= 4 is 96.2 Å². The van der Waals surface area contributed by atoms with Crippen LogP contribution in [0.5, 0.6) is 0 Å². The first kappa shape index (κ1) is 12.7. The Morgan fingerprint density at radius 3 is 2.23 bits per heavy atom. The molecule has 0 bridgehead atoms. The number of benzene rings is 1. The van der Waals surface area contributed by atoms with E-state index in [-0.39, 0.29) is 0 Å². The maximum atomic E-state index is 11.0. The molecule has 0 aromatic heterocycles. The number of carbonyl (C=O) groups excluding carboxylic acids is 1. The predicted octanol–water partition coefficient (Wildman–Crippen LogP) is 4.53. The van der Waals surface area contributed by atoms with Gasteiger partial charge in [-0.05, 0) is 85.4 Å². The normalized spacial score (nSPS) is 10.2. The molecule has 0 fully saturated rings. The monoisotopic (exact) mass is 552 g/mol. The fraction of sp³-hybridized carbons (Fsp3) is 0. The number of halogens is 5. The van der Waals surface area contributed by atoms with Crippen LogP contribution in [0.1, 0.15) is 10.4 Å². The lowest BCUT2D eigenvalue weighted by molar-refractivity contribution is 0.108. The van der Waals surface area contributed by atoms with Crippen LogP contribution in [0.25, 0.3) is 0 Å². The second kappa shape index (κ2) is 5.13. The van der Waals surface area contributed by atoms with Gasteiger partial charge in [-0.2, -0.15) is 0 Å². The molecule has 0 aliphatic heterocycles. The first-order chi connectivity index (χ1) is 5.95. The molecule has 1 aromatic carbocycles. The van der Waals surface area contributed by atoms with Crippen molar-refractivity contribution in [1.82, 2.24) is 0 Å². The third-order valence-electron chi connectivity index (χ3n) is 1.31. The molecule has 0 radical (unpaired) electrons. The van der Waals surface area contributed by atoms with Crippen molar-refractivity contribution in [3.05, 3.63) is 27.4 Å². The summed E-state index contributed by atoms with van der Waals surface area (Å²) in [5, 5.41) is 0.123. The van der Waals surface area contributed by atoms with E-state index in [1.165, 1.54) is 0 Å². The van der Waals surface area contributed by atoms with E-state index >= 15 is 0 Å². The second-order valence-corrected chi connectivity index (χ2v) is 6.24. The average molecular weight is 553 g/mol. The first-order valence-corrected chi connectivity index (χ1v) is 6.97. The van der Waals surface area contributed by atoms with Crippen LogP contribution in [-0.4, -0.2) is 5.24 Å². The summed E-state index contributed by atoms with van der Waals surface area (Å²) in [7, 11) is 0. The molecule has 0 aliphatic rings. The third-order valence-corrected chi connectivity index (χ3v) is 5.31. The summed E-state index contributed by atoms with van der Waals surface area (Å²) in [6.45, 7) is 0. The largest absolute Gasteiger partial charge is 0.276 e. The molecular weight excluding hydrogens is 552 g/mol. The maximum Gasteiger partial charge on any atom is 0.254 e. The van der Waals surface area contributed by atoms with Gasteiger partial charge in [0.1, 0.15) is 0 Å². The summed E-state index contributed by atoms with van der Waals surface area (Å²) in [5.41, 5.74) is 0.494. The van der Waals surface area contributed by atoms with E-state index in [1.807, 2.05) is 28.7 Å². The van der Waals surface area contributed by atoms with Gasteiger partial charge >= 0.3 is 0 Å². The third kappa shape index (κ3) is 2.82. The van der Waals surface area contributed by atoms with Gasteiger partial charge < -0.3 is 0 Å². The van der Waals surface area contributed by atoms with Crippen molar-refractivity contribution in [3.8, 4) is 0 Å². The topological polar surface area (TPSA) is 17.1 Å². The van der Waals surface area contributed by atoms with E-state index in [4.69, 9.17) is 23.2 Å². The average Bonchev–Trinajstić information content (AvgIpc) is 1.99. The van der Waals surface area contributed by atoms with Gasteiger partial charge in [0.2, 0.25) is 0 Å². The van der Waals surface area contributed by atoms with Crippen molar-refractivity contribution in [2.45, 2.75) is 0 Å². The number of hydrogen-bond donors (Lipinski definition) is 0. The highest BCUT2D eigenvalue weighted by molar-refractivity contribution is 14.1. The molecule has 0 heterocycles. The van der Waals surface area contributed by atoms with Crippen LogP contribution in [0.2, 0.25) is 5.02 Å². The lowest BCUT2D eigenvalue weighted by Gasteiger charge is -2.06. The lowest BCUT2D eigenvalue weighted by Crippen LogP contribution is -1.99. The molecule has 0 atom stereocenters. The molecule has 0 aliphatic carbocycles. The summed E-state index contributed by atoms with van der Waals surface area (Å²) >= 11 is 17.6. The summed E-state index contributed by atoms with van der Waals surface area (Å²) in [6, 6.07) is 1.83. The minimum atomic E-state index is -0.466. The zero-order valence-corrected chi connectivity index (χ0v) is 13.9. The predicted molar refractivity (Wildman–Crippen MR) is 79.8 cm³/mol. The molecule has 1 nitrogen and oxygen atoms in total. The van der Waals surface area contributed by atoms with E-state index in [0.717, 1.165) is 10.7 Å². The van der Waals surface area contributed by atoms with Crippen molar-refractivity contribution in [2.24, 2.45) is 0 Å². The summed E-state index contributed by atoms with van der Waals surface area (Å²) in [4.78, 5) is 11.0. The standard InChI is InChI=1S/C7HCl2I3O/c8-5-3(11)1-2(10)4(6(5)12)7(9)13/h1H. The summed E-state index contributed by atoms with van der Waals surface area (Å²) in [6.07, 6.45) is 0. The van der Waals surface area contributed by atoms with Crippen LogP contribution >= 0.6 is 91.0 Å². The maximum absolute atomic E-state index is 11.0. The van der Waals surface area contributed by atoms with Crippen molar-refractivity contribution < 1.29 is 4.79 Å². The Balaban J connectivity index is 3.53. The molecule has 0 amide bonds. The Kier molecular flexibility index (Phi) is 5.02. The van der Waals surface area contributed by atoms with Gasteiger partial charge in [-0.25, -0.2) is 0 Å². The Labute approximate surface area is 126 Å². The van der Waals surface area contributed by atoms with Crippen LogP contribution in [0.15, 0.2) is 6.07 Å². The molecule has 6 heteroatoms. The molecular formula is C7HCl2I3O. The molecule has 0 N–H and O–H groups in total. The molecule has 13 heavy (non-hydrogen) atoms. The number of hydrogen-bond acceptors (Lipinski definition) is 1. The van der Waals surface area contributed by atoms with E-state index in [2.05, 4.69) is 45.2 Å². The van der Waals surface area contributed by atoms with Crippen molar-refractivity contribution in [1.29, 1.82) is 0 Å². The Morgan fingerprint density at radius 1 is 1.23 bits per heavy atom. The Morgan fingerprint density at radius 2 is 1.77 bits per heavy atom. The molecule has 1 rings (SSSR count). The quantitative estimate of drug-likeness (QED) is 0.217. The van der Waals surface area contributed by atoms with Gasteiger partial charge in [0.25, 0.3) is 5.24 Å². The highest BCUT2D eigenvalue weighted by atomic mass is 127. The number of carbonyl (C=O) groups is 1. The highest BCUT2D eigenvalue weighted by Gasteiger charge is 2.16. The Hall–Kier alpha value is 1.66. The van der Waals surface area contributed by atoms with E-state index in [0.29, 0.717) is 10.6 Å². The van der Waals surface area contributed by atoms with Crippen molar-refractivity contribution in [3.63, 3.8) is 0 Å². The minimum Gasteiger partial charge on any atom is -0.276 e. The fourth-order valence-corrected chi connectivity index (χ4v) is 5.27. The highest BCUT2D eigenvalue weighted by Crippen LogP contribution is 2.31. The van der Waals surface area contributed by atoms with Gasteiger partial charge in [0, 0.05) is 10.7 Å². The lowest BCUT2D eigenvalue weighted by atomic mass is 10.2. The molecule has 0 saturated carbocycles. The number of rotatable bonds is 1. The molecule has 0 saturated heterocycles. The van der Waals surface area contributed by atoms with Gasteiger partial charge in [0.05, 0.1) is 10.6 Å². The smallest absolute Gasteiger partial charge is 0.254 e. The fourth-order valence-electron chi connectivity index (χ4n) is 0.746. The zero-order valence-electron chi connectivity index (χ0n) is 5.88. The minimum absolute atomic E-state index is 0.466. The van der Waals surface area contributed by atoms with Gasteiger partial charge in [-0.15, -0.1) is 0 Å². The van der Waals surface area contributed by atoms with E-state index in [1.54, 1.807) is 0 Å². The van der Waals surface area contributed by atoms with Gasteiger partial charge in [0.15, 0.2) is 0 Å². The summed E-state index contributed by atoms with van der Waals surface area (Å²) in [5.74, 6) is 0. The SMILES string of the molecule is O=C(Cl)c1c(I)cc(I)c(Cl)c1I. The Bertz CT molecular complexity index is 378.